The maximum atomic E-state index is 13.3. The summed E-state index contributed by atoms with van der Waals surface area (Å²) in [6.07, 6.45) is 3.68. The number of halogens is 1. The molecule has 0 aliphatic heterocycles. The van der Waals surface area contributed by atoms with Crippen molar-refractivity contribution in [1.82, 2.24) is 9.78 Å². The third-order valence-corrected chi connectivity index (χ3v) is 2.56. The first-order valence-corrected chi connectivity index (χ1v) is 5.59. The Morgan fingerprint density at radius 1 is 1.41 bits per heavy atom. The number of hydrogen-bond donors (Lipinski definition) is 0. The zero-order valence-corrected chi connectivity index (χ0v) is 9.98. The Bertz CT molecular complexity index is 508. The topological polar surface area (TPSA) is 27.1 Å². The second kappa shape index (κ2) is 4.99. The number of aryl methyl sites for hydroxylation is 2. The van der Waals surface area contributed by atoms with Crippen LogP contribution in [0.1, 0.15) is 18.1 Å². The summed E-state index contributed by atoms with van der Waals surface area (Å²) >= 11 is 0. The van der Waals surface area contributed by atoms with Crippen molar-refractivity contribution in [1.29, 1.82) is 0 Å². The second-order valence-electron chi connectivity index (χ2n) is 3.90. The molecule has 1 aromatic heterocycles. The van der Waals surface area contributed by atoms with E-state index in [9.17, 15) is 4.39 Å². The van der Waals surface area contributed by atoms with Gasteiger partial charge < -0.3 is 4.74 Å². The van der Waals surface area contributed by atoms with Crippen LogP contribution in [0.15, 0.2) is 30.6 Å². The molecule has 4 heteroatoms. The minimum atomic E-state index is -0.244. The second-order valence-corrected chi connectivity index (χ2v) is 3.90. The minimum Gasteiger partial charge on any atom is -0.489 e. The van der Waals surface area contributed by atoms with Crippen LogP contribution in [0, 0.1) is 12.7 Å². The molecular formula is C13H15FN2O. The molecule has 2 rings (SSSR count). The maximum absolute atomic E-state index is 13.3. The molecule has 0 aliphatic rings. The third-order valence-electron chi connectivity index (χ3n) is 2.56. The normalized spacial score (nSPS) is 10.5. The van der Waals surface area contributed by atoms with E-state index in [-0.39, 0.29) is 5.82 Å². The highest BCUT2D eigenvalue weighted by Gasteiger charge is 2.02. The van der Waals surface area contributed by atoms with Crippen LogP contribution in [0.3, 0.4) is 0 Å². The summed E-state index contributed by atoms with van der Waals surface area (Å²) in [5.74, 6) is 0.295. The first kappa shape index (κ1) is 11.6. The SMILES string of the molecule is CCn1cc(COc2ccc(C)c(F)c2)cn1. The van der Waals surface area contributed by atoms with E-state index in [2.05, 4.69) is 5.10 Å². The molecule has 0 saturated heterocycles. The summed E-state index contributed by atoms with van der Waals surface area (Å²) in [7, 11) is 0. The molecule has 2 aromatic rings. The van der Waals surface area contributed by atoms with Gasteiger partial charge in [-0.3, -0.25) is 4.68 Å². The Labute approximate surface area is 99.8 Å². The van der Waals surface area contributed by atoms with Crippen molar-refractivity contribution in [3.05, 3.63) is 47.5 Å². The van der Waals surface area contributed by atoms with E-state index in [1.54, 1.807) is 25.3 Å². The molecule has 0 amide bonds. The smallest absolute Gasteiger partial charge is 0.129 e. The Morgan fingerprint density at radius 2 is 2.24 bits per heavy atom. The van der Waals surface area contributed by atoms with Gasteiger partial charge in [-0.25, -0.2) is 4.39 Å². The molecule has 0 radical (unpaired) electrons. The molecule has 0 saturated carbocycles. The van der Waals surface area contributed by atoms with Crippen LogP contribution >= 0.6 is 0 Å². The van der Waals surface area contributed by atoms with E-state index in [4.69, 9.17) is 4.74 Å². The van der Waals surface area contributed by atoms with Gasteiger partial charge in [0.1, 0.15) is 18.2 Å². The van der Waals surface area contributed by atoms with Crippen LogP contribution in [0.2, 0.25) is 0 Å². The lowest BCUT2D eigenvalue weighted by molar-refractivity contribution is 0.304. The van der Waals surface area contributed by atoms with E-state index < -0.39 is 0 Å². The lowest BCUT2D eigenvalue weighted by atomic mass is 10.2. The molecule has 17 heavy (non-hydrogen) atoms. The highest BCUT2D eigenvalue weighted by Crippen LogP contribution is 2.17. The van der Waals surface area contributed by atoms with Crippen LogP contribution in [0.4, 0.5) is 4.39 Å². The average molecular weight is 234 g/mol. The van der Waals surface area contributed by atoms with Crippen molar-refractivity contribution in [3.63, 3.8) is 0 Å². The number of aromatic nitrogens is 2. The maximum Gasteiger partial charge on any atom is 0.129 e. The zero-order chi connectivity index (χ0) is 12.3. The average Bonchev–Trinajstić information content (AvgIpc) is 2.79. The highest BCUT2D eigenvalue weighted by atomic mass is 19.1. The Balaban J connectivity index is 1.99. The van der Waals surface area contributed by atoms with Gasteiger partial charge in [0.05, 0.1) is 6.20 Å². The molecule has 0 atom stereocenters. The first-order valence-electron chi connectivity index (χ1n) is 5.59. The number of hydrogen-bond acceptors (Lipinski definition) is 2. The number of nitrogens with zero attached hydrogens (tertiary/aromatic N) is 2. The first-order chi connectivity index (χ1) is 8.19. The summed E-state index contributed by atoms with van der Waals surface area (Å²) in [5, 5.41) is 4.14. The van der Waals surface area contributed by atoms with Crippen molar-refractivity contribution in [2.45, 2.75) is 27.0 Å². The molecule has 90 valence electrons. The summed E-state index contributed by atoms with van der Waals surface area (Å²) in [6, 6.07) is 4.88. The lowest BCUT2D eigenvalue weighted by Gasteiger charge is -2.05. The van der Waals surface area contributed by atoms with Gasteiger partial charge in [-0.15, -0.1) is 0 Å². The van der Waals surface area contributed by atoms with Gasteiger partial charge in [0.15, 0.2) is 0 Å². The Morgan fingerprint density at radius 3 is 2.88 bits per heavy atom. The predicted molar refractivity (Wildman–Crippen MR) is 63.4 cm³/mol. The number of benzene rings is 1. The standard InChI is InChI=1S/C13H15FN2O/c1-3-16-8-11(7-15-16)9-17-12-5-4-10(2)13(14)6-12/h4-8H,3,9H2,1-2H3. The van der Waals surface area contributed by atoms with Crippen LogP contribution in [0.25, 0.3) is 0 Å². The monoisotopic (exact) mass is 234 g/mol. The lowest BCUT2D eigenvalue weighted by Crippen LogP contribution is -1.96. The fourth-order valence-corrected chi connectivity index (χ4v) is 1.48. The molecule has 0 fully saturated rings. The number of ether oxygens (including phenoxy) is 1. The van der Waals surface area contributed by atoms with E-state index in [0.29, 0.717) is 17.9 Å². The van der Waals surface area contributed by atoms with Gasteiger partial charge >= 0.3 is 0 Å². The summed E-state index contributed by atoms with van der Waals surface area (Å²) < 4.78 is 20.6. The minimum absolute atomic E-state index is 0.244. The van der Waals surface area contributed by atoms with Gasteiger partial charge in [0, 0.05) is 24.4 Å². The Hall–Kier alpha value is -1.84. The van der Waals surface area contributed by atoms with E-state index in [1.165, 1.54) is 6.07 Å². The summed E-state index contributed by atoms with van der Waals surface area (Å²) in [6.45, 7) is 4.99. The molecule has 0 spiro atoms. The van der Waals surface area contributed by atoms with E-state index >= 15 is 0 Å². The summed E-state index contributed by atoms with van der Waals surface area (Å²) in [4.78, 5) is 0. The van der Waals surface area contributed by atoms with Crippen LogP contribution in [-0.4, -0.2) is 9.78 Å². The quantitative estimate of drug-likeness (QED) is 0.813. The Kier molecular flexibility index (Phi) is 3.42. The predicted octanol–water partition coefficient (Wildman–Crippen LogP) is 2.93. The molecule has 0 unspecified atom stereocenters. The van der Waals surface area contributed by atoms with Gasteiger partial charge in [0.2, 0.25) is 0 Å². The fourth-order valence-electron chi connectivity index (χ4n) is 1.48. The molecule has 1 aromatic carbocycles. The van der Waals surface area contributed by atoms with Crippen molar-refractivity contribution in [2.24, 2.45) is 0 Å². The molecule has 0 bridgehead atoms. The molecule has 0 aliphatic carbocycles. The van der Waals surface area contributed by atoms with Crippen LogP contribution in [0.5, 0.6) is 5.75 Å². The van der Waals surface area contributed by atoms with Crippen LogP contribution < -0.4 is 4.74 Å². The van der Waals surface area contributed by atoms with Crippen molar-refractivity contribution < 1.29 is 9.13 Å². The van der Waals surface area contributed by atoms with Crippen molar-refractivity contribution >= 4 is 0 Å². The largest absolute Gasteiger partial charge is 0.489 e. The van der Waals surface area contributed by atoms with Gasteiger partial charge in [-0.1, -0.05) is 6.07 Å². The van der Waals surface area contributed by atoms with E-state index in [1.807, 2.05) is 17.8 Å². The zero-order valence-electron chi connectivity index (χ0n) is 9.98. The highest BCUT2D eigenvalue weighted by molar-refractivity contribution is 5.28. The van der Waals surface area contributed by atoms with Crippen molar-refractivity contribution in [3.8, 4) is 5.75 Å². The third kappa shape index (κ3) is 2.84. The fraction of sp³-hybridized carbons (Fsp3) is 0.308. The van der Waals surface area contributed by atoms with Crippen LogP contribution in [-0.2, 0) is 13.2 Å². The molecular weight excluding hydrogens is 219 g/mol. The molecule has 3 nitrogen and oxygen atoms in total. The molecule has 1 heterocycles. The van der Waals surface area contributed by atoms with Gasteiger partial charge in [0.25, 0.3) is 0 Å². The van der Waals surface area contributed by atoms with Gasteiger partial charge in [-0.2, -0.15) is 5.10 Å². The van der Waals surface area contributed by atoms with Crippen molar-refractivity contribution in [2.75, 3.05) is 0 Å². The number of rotatable bonds is 4. The summed E-state index contributed by atoms with van der Waals surface area (Å²) in [5.41, 5.74) is 1.60. The van der Waals surface area contributed by atoms with E-state index in [0.717, 1.165) is 12.1 Å². The van der Waals surface area contributed by atoms with Gasteiger partial charge in [-0.05, 0) is 25.5 Å². The molecule has 0 N–H and O–H groups in total.